The molecule has 0 fully saturated rings. The third kappa shape index (κ3) is 102000. The molecular formula is C10H29O4PS. The smallest absolute Gasteiger partial charge is 0.144 e. The molecule has 6 heteroatoms. The van der Waals surface area contributed by atoms with Gasteiger partial charge in [0.1, 0.15) is 15.6 Å². The van der Waals surface area contributed by atoms with Gasteiger partial charge in [-0.1, -0.05) is 14.9 Å². The minimum atomic E-state index is -2.67. The molecule has 0 amide bonds. The summed E-state index contributed by atoms with van der Waals surface area (Å²) in [6.45, 7) is 8.28. The maximum atomic E-state index is 10.2. The fraction of sp³-hybridized carbons (Fsp3) is 0.900. The lowest BCUT2D eigenvalue weighted by Crippen LogP contribution is -1.86. The molecule has 0 aliphatic rings. The van der Waals surface area contributed by atoms with Crippen molar-refractivity contribution in [3.05, 3.63) is 0 Å². The van der Waals surface area contributed by atoms with E-state index in [0.29, 0.717) is 0 Å². The quantitative estimate of drug-likeness (QED) is 0.638. The van der Waals surface area contributed by atoms with Crippen LogP contribution in [-0.4, -0.2) is 46.7 Å². The molecule has 0 bridgehead atoms. The van der Waals surface area contributed by atoms with Crippen LogP contribution in [0, 0.1) is 0 Å². The number of carbonyl (C=O) groups excluding carboxylic acids is 1. The number of hydrogen-bond acceptors (Lipinski definition) is 4. The number of carbonyl (C=O) groups is 1. The molecule has 16 heavy (non-hydrogen) atoms. The Morgan fingerprint density at radius 1 is 0.938 bits per heavy atom. The van der Waals surface area contributed by atoms with E-state index in [-0.39, 0.29) is 20.6 Å². The van der Waals surface area contributed by atoms with E-state index < -0.39 is 17.0 Å². The largest absolute Gasteiger partial charge is 0.324 e. The third-order valence-corrected chi connectivity index (χ3v) is 0. The van der Waals surface area contributed by atoms with E-state index >= 15 is 0 Å². The van der Waals surface area contributed by atoms with Gasteiger partial charge in [-0.3, -0.25) is 0 Å². The van der Waals surface area contributed by atoms with Crippen LogP contribution in [0.4, 0.5) is 0 Å². The lowest BCUT2D eigenvalue weighted by molar-refractivity contribution is -0.114. The van der Waals surface area contributed by atoms with Gasteiger partial charge in [-0.15, -0.1) is 0 Å². The molecule has 0 saturated heterocycles. The first kappa shape index (κ1) is 29.7. The van der Waals surface area contributed by atoms with E-state index in [4.69, 9.17) is 0 Å². The summed E-state index contributed by atoms with van der Waals surface area (Å²) in [4.78, 5) is 9.44. The van der Waals surface area contributed by atoms with Gasteiger partial charge in [0.15, 0.2) is 0 Å². The lowest BCUT2D eigenvalue weighted by Gasteiger charge is -1.86. The highest BCUT2D eigenvalue weighted by atomic mass is 32.2. The van der Waals surface area contributed by atoms with Crippen LogP contribution in [0.1, 0.15) is 28.7 Å². The highest BCUT2D eigenvalue weighted by molar-refractivity contribution is 7.89. The van der Waals surface area contributed by atoms with Crippen molar-refractivity contribution in [3.8, 4) is 0 Å². The van der Waals surface area contributed by atoms with E-state index in [1.807, 2.05) is 0 Å². The molecule has 0 heterocycles. The van der Waals surface area contributed by atoms with Crippen LogP contribution >= 0.6 is 7.14 Å². The second-order valence-corrected chi connectivity index (χ2v) is 10.0. The predicted molar refractivity (Wildman–Crippen MR) is 76.0 cm³/mol. The summed E-state index contributed by atoms with van der Waals surface area (Å²) in [5.74, 6) is 0.167. The predicted octanol–water partition coefficient (Wildman–Crippen LogP) is 2.77. The van der Waals surface area contributed by atoms with Crippen molar-refractivity contribution < 1.29 is 17.8 Å². The van der Waals surface area contributed by atoms with Crippen LogP contribution in [0.5, 0.6) is 0 Å². The van der Waals surface area contributed by atoms with Crippen molar-refractivity contribution in [2.24, 2.45) is 0 Å². The van der Waals surface area contributed by atoms with Gasteiger partial charge in [0.05, 0.1) is 7.14 Å². The van der Waals surface area contributed by atoms with Gasteiger partial charge in [0.2, 0.25) is 0 Å². The monoisotopic (exact) mass is 276 g/mol. The Kier molecular flexibility index (Phi) is 24.0. The molecule has 0 unspecified atom stereocenters. The van der Waals surface area contributed by atoms with Crippen LogP contribution < -0.4 is 0 Å². The van der Waals surface area contributed by atoms with Crippen LogP contribution in [0.3, 0.4) is 0 Å². The van der Waals surface area contributed by atoms with E-state index in [1.54, 1.807) is 20.0 Å². The molecule has 0 aliphatic heterocycles. The van der Waals surface area contributed by atoms with Crippen molar-refractivity contribution in [1.29, 1.82) is 0 Å². The molecule has 0 N–H and O–H groups in total. The highest BCUT2D eigenvalue weighted by Crippen LogP contribution is 2.28. The van der Waals surface area contributed by atoms with Gasteiger partial charge in [0, 0.05) is 12.5 Å². The van der Waals surface area contributed by atoms with Gasteiger partial charge in [-0.25, -0.2) is 8.42 Å². The van der Waals surface area contributed by atoms with Crippen molar-refractivity contribution >= 4 is 22.8 Å². The zero-order valence-electron chi connectivity index (χ0n) is 9.99. The van der Waals surface area contributed by atoms with Crippen molar-refractivity contribution in [2.45, 2.75) is 28.7 Å². The Morgan fingerprint density at radius 3 is 0.938 bits per heavy atom. The fourth-order valence-corrected chi connectivity index (χ4v) is 0. The normalized spacial score (nSPS) is 8.94. The fourth-order valence-electron chi connectivity index (χ4n) is 0. The van der Waals surface area contributed by atoms with Gasteiger partial charge in [0.25, 0.3) is 0 Å². The van der Waals surface area contributed by atoms with Crippen LogP contribution in [0.15, 0.2) is 0 Å². The molecule has 0 aromatic rings. The molecule has 0 rings (SSSR count). The zero-order chi connectivity index (χ0) is 12.6. The standard InChI is InChI=1S/C3H9OP.C3H6O.C2H6O2S.2CH4/c1-5(2,3)4;1-3(2)4;1-5(2,3)4;;/h1-3H3;1-2H3;1-2H3;2*1H4. The van der Waals surface area contributed by atoms with Crippen LogP contribution in [0.25, 0.3) is 0 Å². The molecule has 0 spiro atoms. The molecule has 4 nitrogen and oxygen atoms in total. The first-order valence-electron chi connectivity index (χ1n) is 3.88. The lowest BCUT2D eigenvalue weighted by atomic mass is 10.6. The molecule has 0 radical (unpaired) electrons. The Labute approximate surface area is 102 Å². The first-order valence-corrected chi connectivity index (χ1v) is 9.23. The zero-order valence-corrected chi connectivity index (χ0v) is 11.7. The minimum Gasteiger partial charge on any atom is -0.324 e. The summed E-state index contributed by atoms with van der Waals surface area (Å²) in [5.41, 5.74) is 0. The van der Waals surface area contributed by atoms with Gasteiger partial charge in [-0.2, -0.15) is 0 Å². The number of Topliss-reactive ketones (excluding diaryl/α,β-unsaturated/α-hetero) is 1. The van der Waals surface area contributed by atoms with Gasteiger partial charge < -0.3 is 9.36 Å². The number of ketones is 1. The van der Waals surface area contributed by atoms with Crippen molar-refractivity contribution in [1.82, 2.24) is 0 Å². The molecule has 0 aromatic carbocycles. The summed E-state index contributed by atoms with van der Waals surface area (Å²) < 4.78 is 29.5. The van der Waals surface area contributed by atoms with Crippen molar-refractivity contribution in [2.75, 3.05) is 32.5 Å². The topological polar surface area (TPSA) is 68.3 Å². The second-order valence-electron chi connectivity index (χ2n) is 3.94. The summed E-state index contributed by atoms with van der Waals surface area (Å²) in [5, 5.41) is 0. The maximum Gasteiger partial charge on any atom is 0.144 e. The molecule has 0 aliphatic carbocycles. The SMILES string of the molecule is C.C.CC(C)=O.CP(C)(C)=O.CS(C)(=O)=O. The highest BCUT2D eigenvalue weighted by Gasteiger charge is 1.89. The molecular weight excluding hydrogens is 247 g/mol. The molecule has 0 saturated carbocycles. The van der Waals surface area contributed by atoms with Crippen LogP contribution in [0.2, 0.25) is 0 Å². The summed E-state index contributed by atoms with van der Waals surface area (Å²) in [7, 11) is -4.31. The Balaban J connectivity index is -0.0000000358. The Bertz CT molecular complexity index is 268. The van der Waals surface area contributed by atoms with E-state index in [1.165, 1.54) is 13.8 Å². The minimum absolute atomic E-state index is 0. The summed E-state index contributed by atoms with van der Waals surface area (Å²) in [6, 6.07) is 0. The van der Waals surface area contributed by atoms with Crippen molar-refractivity contribution in [3.63, 3.8) is 0 Å². The second kappa shape index (κ2) is 12.9. The number of hydrogen-bond donors (Lipinski definition) is 0. The molecule has 0 aromatic heterocycles. The van der Waals surface area contributed by atoms with Gasteiger partial charge in [-0.05, 0) is 33.8 Å². The molecule has 0 atom stereocenters. The molecule has 104 valence electrons. The Hall–Kier alpha value is -0.150. The number of sulfone groups is 1. The Morgan fingerprint density at radius 2 is 0.938 bits per heavy atom. The third-order valence-electron chi connectivity index (χ3n) is 0. The van der Waals surface area contributed by atoms with Gasteiger partial charge >= 0.3 is 0 Å². The average Bonchev–Trinajstić information content (AvgIpc) is 1.45. The number of rotatable bonds is 0. The van der Waals surface area contributed by atoms with E-state index in [2.05, 4.69) is 0 Å². The summed E-state index contributed by atoms with van der Waals surface area (Å²) >= 11 is 0. The van der Waals surface area contributed by atoms with Crippen LogP contribution in [-0.2, 0) is 19.2 Å². The first-order chi connectivity index (χ1) is 5.73. The average molecular weight is 276 g/mol. The van der Waals surface area contributed by atoms with E-state index in [0.717, 1.165) is 12.5 Å². The van der Waals surface area contributed by atoms with E-state index in [9.17, 15) is 17.8 Å². The maximum absolute atomic E-state index is 10.2. The summed E-state index contributed by atoms with van der Waals surface area (Å²) in [6.07, 6.45) is 2.32.